The largest absolute Gasteiger partial charge is 0.311 e. The molecule has 2 nitrogen and oxygen atoms in total. The first kappa shape index (κ1) is 10.3. The fraction of sp³-hybridized carbons (Fsp3) is 0.643. The lowest BCUT2D eigenvalue weighted by atomic mass is 9.82. The van der Waals surface area contributed by atoms with E-state index in [-0.39, 0.29) is 0 Å². The maximum absolute atomic E-state index is 4.22. The molecule has 0 unspecified atom stereocenters. The van der Waals surface area contributed by atoms with E-state index in [1.165, 1.54) is 44.1 Å². The van der Waals surface area contributed by atoms with Gasteiger partial charge in [-0.3, -0.25) is 4.98 Å². The molecule has 16 heavy (non-hydrogen) atoms. The van der Waals surface area contributed by atoms with E-state index in [1.807, 2.05) is 12.4 Å². The van der Waals surface area contributed by atoms with Crippen LogP contribution in [0.3, 0.4) is 0 Å². The molecule has 86 valence electrons. The van der Waals surface area contributed by atoms with Crippen LogP contribution in [-0.4, -0.2) is 17.1 Å². The maximum Gasteiger partial charge on any atom is 0.0302 e. The molecule has 1 aromatic rings. The van der Waals surface area contributed by atoms with Crippen LogP contribution in [0.25, 0.3) is 0 Å². The molecule has 0 amide bonds. The van der Waals surface area contributed by atoms with Crippen molar-refractivity contribution in [3.05, 3.63) is 30.1 Å². The summed E-state index contributed by atoms with van der Waals surface area (Å²) >= 11 is 0. The lowest BCUT2D eigenvalue weighted by molar-refractivity contribution is 0.340. The van der Waals surface area contributed by atoms with Gasteiger partial charge in [0.05, 0.1) is 0 Å². The number of rotatable bonds is 3. The smallest absolute Gasteiger partial charge is 0.0302 e. The fourth-order valence-corrected chi connectivity index (χ4v) is 2.79. The molecule has 1 aromatic heterocycles. The highest BCUT2D eigenvalue weighted by Gasteiger charge is 2.28. The normalized spacial score (nSPS) is 30.2. The molecule has 1 N–H and O–H groups in total. The highest BCUT2D eigenvalue weighted by Crippen LogP contribution is 2.33. The Hall–Kier alpha value is -0.890. The molecule has 2 aliphatic carbocycles. The van der Waals surface area contributed by atoms with Crippen LogP contribution in [0.5, 0.6) is 0 Å². The van der Waals surface area contributed by atoms with Crippen molar-refractivity contribution in [1.29, 1.82) is 0 Å². The lowest BCUT2D eigenvalue weighted by Crippen LogP contribution is -2.34. The van der Waals surface area contributed by atoms with Crippen molar-refractivity contribution in [3.8, 4) is 0 Å². The SMILES string of the molecule is c1cncc([C@H]2CC[C@H](NC3CC3)CC2)c1. The minimum Gasteiger partial charge on any atom is -0.311 e. The van der Waals surface area contributed by atoms with Crippen molar-refractivity contribution < 1.29 is 0 Å². The van der Waals surface area contributed by atoms with E-state index >= 15 is 0 Å². The molecule has 2 aliphatic rings. The zero-order chi connectivity index (χ0) is 10.8. The molecular formula is C14H20N2. The molecule has 2 saturated carbocycles. The van der Waals surface area contributed by atoms with Crippen molar-refractivity contribution in [2.24, 2.45) is 0 Å². The molecule has 0 saturated heterocycles. The van der Waals surface area contributed by atoms with Crippen molar-refractivity contribution in [3.63, 3.8) is 0 Å². The third-order valence-corrected chi connectivity index (χ3v) is 3.93. The van der Waals surface area contributed by atoms with Gasteiger partial charge in [-0.05, 0) is 56.1 Å². The number of aromatic nitrogens is 1. The molecule has 3 rings (SSSR count). The Kier molecular flexibility index (Phi) is 2.92. The average molecular weight is 216 g/mol. The predicted molar refractivity (Wildman–Crippen MR) is 65.4 cm³/mol. The summed E-state index contributed by atoms with van der Waals surface area (Å²) in [4.78, 5) is 4.22. The van der Waals surface area contributed by atoms with Crippen molar-refractivity contribution in [1.82, 2.24) is 10.3 Å². The minimum absolute atomic E-state index is 0.756. The van der Waals surface area contributed by atoms with E-state index < -0.39 is 0 Å². The second-order valence-electron chi connectivity index (χ2n) is 5.28. The number of hydrogen-bond acceptors (Lipinski definition) is 2. The monoisotopic (exact) mass is 216 g/mol. The van der Waals surface area contributed by atoms with Gasteiger partial charge < -0.3 is 5.32 Å². The third-order valence-electron chi connectivity index (χ3n) is 3.93. The Labute approximate surface area is 97.5 Å². The first-order valence-electron chi connectivity index (χ1n) is 6.58. The van der Waals surface area contributed by atoms with Crippen molar-refractivity contribution >= 4 is 0 Å². The van der Waals surface area contributed by atoms with Crippen molar-refractivity contribution in [2.75, 3.05) is 0 Å². The van der Waals surface area contributed by atoms with Gasteiger partial charge in [-0.25, -0.2) is 0 Å². The summed E-state index contributed by atoms with van der Waals surface area (Å²) in [6.07, 6.45) is 12.1. The van der Waals surface area contributed by atoms with Crippen LogP contribution in [0, 0.1) is 0 Å². The van der Waals surface area contributed by atoms with Crippen LogP contribution in [0.4, 0.5) is 0 Å². The zero-order valence-corrected chi connectivity index (χ0v) is 9.73. The van der Waals surface area contributed by atoms with Gasteiger partial charge in [-0.15, -0.1) is 0 Å². The topological polar surface area (TPSA) is 24.9 Å². The van der Waals surface area contributed by atoms with E-state index in [1.54, 1.807) is 0 Å². The van der Waals surface area contributed by atoms with Crippen LogP contribution in [-0.2, 0) is 0 Å². The summed E-state index contributed by atoms with van der Waals surface area (Å²) in [5.41, 5.74) is 1.44. The Balaban J connectivity index is 1.53. The van der Waals surface area contributed by atoms with E-state index in [4.69, 9.17) is 0 Å². The lowest BCUT2D eigenvalue weighted by Gasteiger charge is -2.29. The highest BCUT2D eigenvalue weighted by molar-refractivity contribution is 5.15. The molecule has 1 heterocycles. The van der Waals surface area contributed by atoms with E-state index in [2.05, 4.69) is 22.4 Å². The quantitative estimate of drug-likeness (QED) is 0.840. The number of hydrogen-bond donors (Lipinski definition) is 1. The summed E-state index contributed by atoms with van der Waals surface area (Å²) in [6, 6.07) is 5.94. The molecule has 0 bridgehead atoms. The van der Waals surface area contributed by atoms with Crippen LogP contribution in [0.2, 0.25) is 0 Å². The summed E-state index contributed by atoms with van der Waals surface area (Å²) < 4.78 is 0. The number of nitrogens with zero attached hydrogens (tertiary/aromatic N) is 1. The van der Waals surface area contributed by atoms with Crippen LogP contribution in [0.1, 0.15) is 50.0 Å². The second-order valence-corrected chi connectivity index (χ2v) is 5.28. The van der Waals surface area contributed by atoms with Crippen LogP contribution >= 0.6 is 0 Å². The van der Waals surface area contributed by atoms with E-state index in [9.17, 15) is 0 Å². The fourth-order valence-electron chi connectivity index (χ4n) is 2.79. The van der Waals surface area contributed by atoms with Gasteiger partial charge in [0.1, 0.15) is 0 Å². The minimum atomic E-state index is 0.756. The van der Waals surface area contributed by atoms with Crippen LogP contribution < -0.4 is 5.32 Å². The predicted octanol–water partition coefficient (Wildman–Crippen LogP) is 2.86. The number of pyridine rings is 1. The second kappa shape index (κ2) is 4.54. The van der Waals surface area contributed by atoms with Gasteiger partial charge in [0.25, 0.3) is 0 Å². The Bertz CT molecular complexity index is 324. The highest BCUT2D eigenvalue weighted by atomic mass is 15.0. The van der Waals surface area contributed by atoms with Gasteiger partial charge in [0.2, 0.25) is 0 Å². The van der Waals surface area contributed by atoms with Gasteiger partial charge in [0, 0.05) is 24.5 Å². The summed E-state index contributed by atoms with van der Waals surface area (Å²) in [5, 5.41) is 3.75. The molecule has 0 spiro atoms. The third kappa shape index (κ3) is 2.43. The molecule has 0 atom stereocenters. The summed E-state index contributed by atoms with van der Waals surface area (Å²) in [7, 11) is 0. The molecule has 0 radical (unpaired) electrons. The van der Waals surface area contributed by atoms with Crippen molar-refractivity contribution in [2.45, 2.75) is 56.5 Å². The van der Waals surface area contributed by atoms with E-state index in [0.29, 0.717) is 0 Å². The molecule has 2 heteroatoms. The Morgan fingerprint density at radius 2 is 1.69 bits per heavy atom. The Morgan fingerprint density at radius 3 is 2.25 bits per heavy atom. The first-order valence-corrected chi connectivity index (χ1v) is 6.58. The standard InChI is InChI=1S/C14H20N2/c1-2-12(10-15-9-1)11-3-5-13(6-4-11)16-14-7-8-14/h1-2,9-11,13-14,16H,3-8H2/t11-,13-. The van der Waals surface area contributed by atoms with Gasteiger partial charge in [-0.1, -0.05) is 6.07 Å². The molecule has 2 fully saturated rings. The van der Waals surface area contributed by atoms with Gasteiger partial charge >= 0.3 is 0 Å². The molecular weight excluding hydrogens is 196 g/mol. The zero-order valence-electron chi connectivity index (χ0n) is 9.73. The number of nitrogens with one attached hydrogen (secondary N) is 1. The van der Waals surface area contributed by atoms with Gasteiger partial charge in [-0.2, -0.15) is 0 Å². The first-order chi connectivity index (χ1) is 7.92. The van der Waals surface area contributed by atoms with E-state index in [0.717, 1.165) is 18.0 Å². The Morgan fingerprint density at radius 1 is 1.00 bits per heavy atom. The van der Waals surface area contributed by atoms with Crippen LogP contribution in [0.15, 0.2) is 24.5 Å². The van der Waals surface area contributed by atoms with Gasteiger partial charge in [0.15, 0.2) is 0 Å². The summed E-state index contributed by atoms with van der Waals surface area (Å²) in [5.74, 6) is 0.756. The summed E-state index contributed by atoms with van der Waals surface area (Å²) in [6.45, 7) is 0. The average Bonchev–Trinajstić information content (AvgIpc) is 3.15. The molecule has 0 aromatic carbocycles. The maximum atomic E-state index is 4.22. The molecule has 0 aliphatic heterocycles.